The molecule has 0 aromatic heterocycles. The second-order valence-corrected chi connectivity index (χ2v) is 5.35. The minimum Gasteiger partial charge on any atom is -0.341 e. The summed E-state index contributed by atoms with van der Waals surface area (Å²) in [5.74, 6) is 1.96. The number of rotatable bonds is 5. The van der Waals surface area contributed by atoms with Gasteiger partial charge >= 0.3 is 0 Å². The van der Waals surface area contributed by atoms with Crippen LogP contribution in [-0.2, 0) is 4.79 Å². The lowest BCUT2D eigenvalue weighted by Gasteiger charge is -2.30. The number of halogens is 1. The van der Waals surface area contributed by atoms with Crippen molar-refractivity contribution in [2.45, 2.75) is 46.0 Å². The third-order valence-corrected chi connectivity index (χ3v) is 3.69. The Morgan fingerprint density at radius 2 is 1.88 bits per heavy atom. The molecule has 1 amide bonds. The Labute approximate surface area is 104 Å². The van der Waals surface area contributed by atoms with Crippen LogP contribution in [0.5, 0.6) is 0 Å². The molecule has 1 aliphatic rings. The summed E-state index contributed by atoms with van der Waals surface area (Å²) in [5, 5.41) is 0. The Bertz CT molecular complexity index is 206. The van der Waals surface area contributed by atoms with Crippen LogP contribution < -0.4 is 0 Å². The van der Waals surface area contributed by atoms with Gasteiger partial charge in [0, 0.05) is 24.9 Å². The summed E-state index contributed by atoms with van der Waals surface area (Å²) in [6, 6.07) is 0. The molecular formula is C13H24ClNO. The van der Waals surface area contributed by atoms with E-state index in [1.807, 2.05) is 4.90 Å². The fourth-order valence-corrected chi connectivity index (χ4v) is 2.67. The molecule has 0 heterocycles. The van der Waals surface area contributed by atoms with Gasteiger partial charge in [-0.25, -0.2) is 0 Å². The minimum absolute atomic E-state index is 0.269. The van der Waals surface area contributed by atoms with Crippen molar-refractivity contribution >= 4 is 17.5 Å². The fraction of sp³-hybridized carbons (Fsp3) is 0.923. The molecule has 0 aromatic rings. The normalized spacial score (nSPS) is 25.4. The van der Waals surface area contributed by atoms with Crippen LogP contribution in [0.2, 0.25) is 0 Å². The monoisotopic (exact) mass is 245 g/mol. The van der Waals surface area contributed by atoms with E-state index in [9.17, 15) is 4.79 Å². The molecule has 0 bridgehead atoms. The van der Waals surface area contributed by atoms with Crippen molar-refractivity contribution in [2.24, 2.45) is 11.8 Å². The van der Waals surface area contributed by atoms with Crippen molar-refractivity contribution < 1.29 is 4.79 Å². The van der Waals surface area contributed by atoms with Crippen LogP contribution in [0.4, 0.5) is 0 Å². The molecule has 0 unspecified atom stereocenters. The number of hydrogen-bond donors (Lipinski definition) is 0. The van der Waals surface area contributed by atoms with Crippen LogP contribution in [0.1, 0.15) is 46.0 Å². The van der Waals surface area contributed by atoms with Crippen LogP contribution >= 0.6 is 11.6 Å². The lowest BCUT2D eigenvalue weighted by atomic mass is 9.82. The quantitative estimate of drug-likeness (QED) is 0.681. The zero-order valence-electron chi connectivity index (χ0n) is 10.5. The van der Waals surface area contributed by atoms with Gasteiger partial charge in [0.1, 0.15) is 0 Å². The van der Waals surface area contributed by atoms with E-state index in [4.69, 9.17) is 11.6 Å². The van der Waals surface area contributed by atoms with Gasteiger partial charge in [0.15, 0.2) is 0 Å². The van der Waals surface area contributed by atoms with Gasteiger partial charge in [-0.2, -0.15) is 0 Å². The Balaban J connectivity index is 2.46. The highest BCUT2D eigenvalue weighted by atomic mass is 35.5. The van der Waals surface area contributed by atoms with E-state index in [1.165, 1.54) is 12.8 Å². The highest BCUT2D eigenvalue weighted by Crippen LogP contribution is 2.29. The van der Waals surface area contributed by atoms with E-state index in [-0.39, 0.29) is 5.92 Å². The van der Waals surface area contributed by atoms with Crippen LogP contribution in [-0.4, -0.2) is 29.8 Å². The molecule has 0 aromatic carbocycles. The average molecular weight is 246 g/mol. The molecule has 0 radical (unpaired) electrons. The summed E-state index contributed by atoms with van der Waals surface area (Å²) in [6.07, 6.45) is 5.57. The van der Waals surface area contributed by atoms with Gasteiger partial charge in [0.05, 0.1) is 0 Å². The number of alkyl halides is 1. The number of nitrogens with zero attached hydrogens (tertiary/aromatic N) is 1. The predicted molar refractivity (Wildman–Crippen MR) is 68.7 cm³/mol. The molecule has 0 saturated heterocycles. The number of hydrogen-bond acceptors (Lipinski definition) is 1. The van der Waals surface area contributed by atoms with Crippen molar-refractivity contribution in [2.75, 3.05) is 19.0 Å². The first-order valence-corrected chi connectivity index (χ1v) is 7.07. The molecule has 2 nitrogen and oxygen atoms in total. The van der Waals surface area contributed by atoms with E-state index in [2.05, 4.69) is 13.8 Å². The van der Waals surface area contributed by atoms with E-state index in [1.54, 1.807) is 0 Å². The van der Waals surface area contributed by atoms with Crippen LogP contribution in [0, 0.1) is 11.8 Å². The molecule has 3 heteroatoms. The van der Waals surface area contributed by atoms with Crippen molar-refractivity contribution in [3.05, 3.63) is 0 Å². The van der Waals surface area contributed by atoms with Crippen LogP contribution in [0.15, 0.2) is 0 Å². The number of carbonyl (C=O) groups is 1. The molecule has 1 saturated carbocycles. The zero-order valence-corrected chi connectivity index (χ0v) is 11.3. The topological polar surface area (TPSA) is 20.3 Å². The van der Waals surface area contributed by atoms with Crippen LogP contribution in [0.3, 0.4) is 0 Å². The smallest absolute Gasteiger partial charge is 0.225 e. The Kier molecular flexibility index (Phi) is 6.18. The van der Waals surface area contributed by atoms with Crippen molar-refractivity contribution in [1.29, 1.82) is 0 Å². The summed E-state index contributed by atoms with van der Waals surface area (Å²) in [5.41, 5.74) is 0. The maximum atomic E-state index is 12.3. The molecule has 0 N–H and O–H groups in total. The van der Waals surface area contributed by atoms with Crippen molar-refractivity contribution in [3.63, 3.8) is 0 Å². The minimum atomic E-state index is 0.269. The Morgan fingerprint density at radius 3 is 2.38 bits per heavy atom. The first kappa shape index (κ1) is 13.8. The SMILES string of the molecule is CCCN(CCCl)C(=O)C1CCC(C)CC1. The van der Waals surface area contributed by atoms with E-state index in [0.717, 1.165) is 31.7 Å². The standard InChI is InChI=1S/C13H24ClNO/c1-3-9-15(10-8-14)13(16)12-6-4-11(2)5-7-12/h11-12H,3-10H2,1-2H3. The van der Waals surface area contributed by atoms with Crippen molar-refractivity contribution in [1.82, 2.24) is 4.90 Å². The van der Waals surface area contributed by atoms with E-state index in [0.29, 0.717) is 18.3 Å². The molecule has 0 aliphatic heterocycles. The molecule has 0 atom stereocenters. The second-order valence-electron chi connectivity index (χ2n) is 4.97. The largest absolute Gasteiger partial charge is 0.341 e. The highest BCUT2D eigenvalue weighted by molar-refractivity contribution is 6.18. The summed E-state index contributed by atoms with van der Waals surface area (Å²) < 4.78 is 0. The second kappa shape index (κ2) is 7.16. The molecule has 1 aliphatic carbocycles. The van der Waals surface area contributed by atoms with E-state index >= 15 is 0 Å². The first-order valence-electron chi connectivity index (χ1n) is 6.53. The third-order valence-electron chi connectivity index (χ3n) is 3.52. The van der Waals surface area contributed by atoms with Gasteiger partial charge in [0.25, 0.3) is 0 Å². The van der Waals surface area contributed by atoms with Gasteiger partial charge in [-0.15, -0.1) is 11.6 Å². The Hall–Kier alpha value is -0.240. The van der Waals surface area contributed by atoms with Gasteiger partial charge in [-0.1, -0.05) is 13.8 Å². The molecular weight excluding hydrogens is 222 g/mol. The van der Waals surface area contributed by atoms with Gasteiger partial charge in [-0.05, 0) is 38.0 Å². The fourth-order valence-electron chi connectivity index (χ4n) is 2.47. The lowest BCUT2D eigenvalue weighted by molar-refractivity contribution is -0.136. The summed E-state index contributed by atoms with van der Waals surface area (Å²) in [6.45, 7) is 5.96. The molecule has 1 fully saturated rings. The summed E-state index contributed by atoms with van der Waals surface area (Å²) >= 11 is 5.74. The highest BCUT2D eigenvalue weighted by Gasteiger charge is 2.27. The lowest BCUT2D eigenvalue weighted by Crippen LogP contribution is -2.39. The van der Waals surface area contributed by atoms with Crippen LogP contribution in [0.25, 0.3) is 0 Å². The maximum absolute atomic E-state index is 12.3. The molecule has 94 valence electrons. The first-order chi connectivity index (χ1) is 7.69. The Morgan fingerprint density at radius 1 is 1.25 bits per heavy atom. The molecule has 0 spiro atoms. The van der Waals surface area contributed by atoms with Crippen molar-refractivity contribution in [3.8, 4) is 0 Å². The van der Waals surface area contributed by atoms with E-state index < -0.39 is 0 Å². The third kappa shape index (κ3) is 3.97. The molecule has 16 heavy (non-hydrogen) atoms. The van der Waals surface area contributed by atoms with Gasteiger partial charge < -0.3 is 4.90 Å². The summed E-state index contributed by atoms with van der Waals surface area (Å²) in [4.78, 5) is 14.2. The van der Waals surface area contributed by atoms with Gasteiger partial charge in [-0.3, -0.25) is 4.79 Å². The maximum Gasteiger partial charge on any atom is 0.225 e. The van der Waals surface area contributed by atoms with Gasteiger partial charge in [0.2, 0.25) is 5.91 Å². The predicted octanol–water partition coefficient (Wildman–Crippen LogP) is 3.29. The molecule has 1 rings (SSSR count). The summed E-state index contributed by atoms with van der Waals surface area (Å²) in [7, 11) is 0. The zero-order chi connectivity index (χ0) is 12.0. The average Bonchev–Trinajstić information content (AvgIpc) is 2.29. The number of carbonyl (C=O) groups excluding carboxylic acids is 1. The number of amides is 1.